The van der Waals surface area contributed by atoms with Gasteiger partial charge in [-0.3, -0.25) is 0 Å². The summed E-state index contributed by atoms with van der Waals surface area (Å²) in [5, 5.41) is 8.35. The first-order valence-electron chi connectivity index (χ1n) is 5.28. The fourth-order valence-electron chi connectivity index (χ4n) is 0.601. The van der Waals surface area contributed by atoms with Crippen LogP contribution in [0.2, 0.25) is 0 Å². The molecule has 0 aliphatic heterocycles. The summed E-state index contributed by atoms with van der Waals surface area (Å²) in [6.45, 7) is 5.08. The fraction of sp³-hybridized carbons (Fsp3) is 0.900. The average molecular weight is 238 g/mol. The van der Waals surface area contributed by atoms with Gasteiger partial charge in [-0.1, -0.05) is 13.8 Å². The molecule has 0 fully saturated rings. The highest BCUT2D eigenvalue weighted by molar-refractivity contribution is 5.59. The van der Waals surface area contributed by atoms with Crippen LogP contribution in [0.1, 0.15) is 13.8 Å². The Bertz CT molecular complexity index is 139. The van der Waals surface area contributed by atoms with Gasteiger partial charge >= 0.3 is 6.16 Å². The van der Waals surface area contributed by atoms with E-state index in [4.69, 9.17) is 9.84 Å². The third kappa shape index (κ3) is 15.6. The molecule has 1 N–H and O–H groups in total. The number of hydrogen-bond acceptors (Lipinski definition) is 6. The van der Waals surface area contributed by atoms with E-state index in [-0.39, 0.29) is 33.0 Å². The third-order valence-corrected chi connectivity index (χ3v) is 1.19. The van der Waals surface area contributed by atoms with E-state index in [1.165, 1.54) is 7.11 Å². The van der Waals surface area contributed by atoms with Gasteiger partial charge in [0.1, 0.15) is 13.2 Å². The van der Waals surface area contributed by atoms with Gasteiger partial charge < -0.3 is 24.1 Å². The van der Waals surface area contributed by atoms with Crippen molar-refractivity contribution < 1.29 is 28.8 Å². The lowest BCUT2D eigenvalue weighted by atomic mass is 10.7. The van der Waals surface area contributed by atoms with Gasteiger partial charge in [0.25, 0.3) is 0 Å². The molecule has 0 amide bonds. The minimum atomic E-state index is -0.741. The second-order valence-electron chi connectivity index (χ2n) is 2.28. The molecule has 6 heteroatoms. The molecule has 6 nitrogen and oxygen atoms in total. The summed E-state index contributed by atoms with van der Waals surface area (Å²) in [6.07, 6.45) is -0.741. The maximum Gasteiger partial charge on any atom is 0.508 e. The van der Waals surface area contributed by atoms with Crippen LogP contribution in [-0.4, -0.2) is 58.0 Å². The summed E-state index contributed by atoms with van der Waals surface area (Å²) in [5.41, 5.74) is 0. The number of carbonyl (C=O) groups excluding carboxylic acids is 1. The minimum absolute atomic E-state index is 0.0434. The topological polar surface area (TPSA) is 74.2 Å². The van der Waals surface area contributed by atoms with E-state index >= 15 is 0 Å². The number of hydrogen-bond donors (Lipinski definition) is 1. The third-order valence-electron chi connectivity index (χ3n) is 1.19. The van der Waals surface area contributed by atoms with Gasteiger partial charge in [-0.15, -0.1) is 0 Å². The van der Waals surface area contributed by atoms with Crippen LogP contribution in [0, 0.1) is 0 Å². The van der Waals surface area contributed by atoms with E-state index in [0.717, 1.165) is 0 Å². The van der Waals surface area contributed by atoms with Gasteiger partial charge in [0.2, 0.25) is 0 Å². The molecule has 0 spiro atoms. The smallest absolute Gasteiger partial charge is 0.432 e. The molecule has 0 aromatic carbocycles. The Morgan fingerprint density at radius 3 is 2.06 bits per heavy atom. The van der Waals surface area contributed by atoms with Crippen LogP contribution in [0.25, 0.3) is 0 Å². The van der Waals surface area contributed by atoms with E-state index in [1.807, 2.05) is 13.8 Å². The number of aliphatic hydroxyl groups excluding tert-OH is 1. The van der Waals surface area contributed by atoms with Crippen molar-refractivity contribution >= 4 is 6.16 Å². The van der Waals surface area contributed by atoms with Crippen molar-refractivity contribution in [1.29, 1.82) is 0 Å². The van der Waals surface area contributed by atoms with Crippen molar-refractivity contribution in [1.82, 2.24) is 0 Å². The summed E-state index contributed by atoms with van der Waals surface area (Å²) in [4.78, 5) is 10.7. The van der Waals surface area contributed by atoms with Crippen molar-refractivity contribution in [2.24, 2.45) is 0 Å². The average Bonchev–Trinajstić information content (AvgIpc) is 2.32. The largest absolute Gasteiger partial charge is 0.508 e. The van der Waals surface area contributed by atoms with Crippen molar-refractivity contribution in [3.05, 3.63) is 0 Å². The molecule has 0 aromatic heterocycles. The van der Waals surface area contributed by atoms with Gasteiger partial charge in [-0.25, -0.2) is 4.79 Å². The molecule has 0 aliphatic rings. The lowest BCUT2D eigenvalue weighted by Gasteiger charge is -2.05. The van der Waals surface area contributed by atoms with Crippen LogP contribution in [-0.2, 0) is 18.9 Å². The summed E-state index contributed by atoms with van der Waals surface area (Å²) < 4.78 is 18.7. The van der Waals surface area contributed by atoms with E-state index < -0.39 is 6.16 Å². The highest BCUT2D eigenvalue weighted by Gasteiger charge is 2.02. The number of rotatable bonds is 8. The van der Waals surface area contributed by atoms with E-state index in [2.05, 4.69) is 14.2 Å². The van der Waals surface area contributed by atoms with E-state index in [9.17, 15) is 4.79 Å². The van der Waals surface area contributed by atoms with Crippen LogP contribution < -0.4 is 0 Å². The Balaban J connectivity index is 0. The molecule has 16 heavy (non-hydrogen) atoms. The zero-order chi connectivity index (χ0) is 12.6. The van der Waals surface area contributed by atoms with E-state index in [1.54, 1.807) is 0 Å². The Hall–Kier alpha value is -0.850. The Morgan fingerprint density at radius 1 is 1.00 bits per heavy atom. The number of carbonyl (C=O) groups is 1. The summed E-state index contributed by atoms with van der Waals surface area (Å²) >= 11 is 0. The summed E-state index contributed by atoms with van der Waals surface area (Å²) in [6, 6.07) is 0. The zero-order valence-corrected chi connectivity index (χ0v) is 10.2. The zero-order valence-electron chi connectivity index (χ0n) is 10.2. The van der Waals surface area contributed by atoms with Gasteiger partial charge in [-0.2, -0.15) is 0 Å². The van der Waals surface area contributed by atoms with Crippen LogP contribution in [0.15, 0.2) is 0 Å². The molecule has 0 heterocycles. The van der Waals surface area contributed by atoms with E-state index in [0.29, 0.717) is 6.61 Å². The molecule has 98 valence electrons. The molecular formula is C10H22O6. The summed E-state index contributed by atoms with van der Waals surface area (Å²) in [7, 11) is 1.51. The SMILES string of the molecule is CC.COCCOC(=O)OCCOCCO. The maximum atomic E-state index is 10.7. The van der Waals surface area contributed by atoms with Gasteiger partial charge in [0.05, 0.1) is 26.4 Å². The molecule has 0 unspecified atom stereocenters. The Labute approximate surface area is 96.4 Å². The predicted octanol–water partition coefficient (Wildman–Crippen LogP) is 0.821. The van der Waals surface area contributed by atoms with Crippen molar-refractivity contribution in [2.45, 2.75) is 13.8 Å². The Morgan fingerprint density at radius 2 is 1.56 bits per heavy atom. The molecule has 0 saturated carbocycles. The summed E-state index contributed by atoms with van der Waals surface area (Å²) in [5.74, 6) is 0. The number of aliphatic hydroxyl groups is 1. The molecular weight excluding hydrogens is 216 g/mol. The van der Waals surface area contributed by atoms with Gasteiger partial charge in [0.15, 0.2) is 0 Å². The monoisotopic (exact) mass is 238 g/mol. The minimum Gasteiger partial charge on any atom is -0.432 e. The normalized spacial score (nSPS) is 9.00. The lowest BCUT2D eigenvalue weighted by molar-refractivity contribution is 0.0115. The number of methoxy groups -OCH3 is 1. The molecule has 0 radical (unpaired) electrons. The highest BCUT2D eigenvalue weighted by atomic mass is 16.7. The molecule has 0 atom stereocenters. The highest BCUT2D eigenvalue weighted by Crippen LogP contribution is 1.86. The van der Waals surface area contributed by atoms with Gasteiger partial charge in [-0.05, 0) is 0 Å². The first-order chi connectivity index (χ1) is 7.81. The maximum absolute atomic E-state index is 10.7. The van der Waals surface area contributed by atoms with Crippen LogP contribution in [0.3, 0.4) is 0 Å². The quantitative estimate of drug-likeness (QED) is 0.498. The molecule has 0 saturated heterocycles. The standard InChI is InChI=1S/C8H16O6.C2H6/c1-11-4-6-13-8(10)14-7-5-12-3-2-9;1-2/h9H,2-7H2,1H3;1-2H3. The molecule has 0 rings (SSSR count). The second kappa shape index (κ2) is 16.6. The van der Waals surface area contributed by atoms with Gasteiger partial charge in [0, 0.05) is 7.11 Å². The molecule has 0 bridgehead atoms. The number of ether oxygens (including phenoxy) is 4. The van der Waals surface area contributed by atoms with Crippen molar-refractivity contribution in [3.63, 3.8) is 0 Å². The van der Waals surface area contributed by atoms with Crippen molar-refractivity contribution in [2.75, 3.05) is 46.8 Å². The first-order valence-corrected chi connectivity index (χ1v) is 5.28. The predicted molar refractivity (Wildman–Crippen MR) is 58.4 cm³/mol. The lowest BCUT2D eigenvalue weighted by Crippen LogP contribution is -2.15. The fourth-order valence-corrected chi connectivity index (χ4v) is 0.601. The molecule has 0 aliphatic carbocycles. The van der Waals surface area contributed by atoms with Crippen LogP contribution in [0.5, 0.6) is 0 Å². The second-order valence-corrected chi connectivity index (χ2v) is 2.28. The Kier molecular flexibility index (Phi) is 18.2. The van der Waals surface area contributed by atoms with Crippen LogP contribution >= 0.6 is 0 Å². The van der Waals surface area contributed by atoms with Crippen LogP contribution in [0.4, 0.5) is 4.79 Å². The van der Waals surface area contributed by atoms with Crippen molar-refractivity contribution in [3.8, 4) is 0 Å². The first kappa shape index (κ1) is 17.5. The molecule has 0 aromatic rings.